The molecule has 0 radical (unpaired) electrons. The zero-order valence-electron chi connectivity index (χ0n) is 10.0. The van der Waals surface area contributed by atoms with Crippen LogP contribution in [-0.2, 0) is 0 Å². The standard InChI is InChI=1S/C14H15N3O/c15-9-14(18)11-3-5-12(6-4-11)17-13(7-8-16-17)10-1-2-10/h3-8,10H,1-2,9,15H2. The van der Waals surface area contributed by atoms with E-state index in [0.717, 1.165) is 5.69 Å². The van der Waals surface area contributed by atoms with Crippen LogP contribution in [0.25, 0.3) is 5.69 Å². The number of hydrogen-bond donors (Lipinski definition) is 1. The smallest absolute Gasteiger partial charge is 0.176 e. The first-order valence-electron chi connectivity index (χ1n) is 6.17. The minimum atomic E-state index is -0.0376. The molecule has 1 aromatic carbocycles. The number of nitrogens with zero attached hydrogens (tertiary/aromatic N) is 2. The Morgan fingerprint density at radius 3 is 2.61 bits per heavy atom. The summed E-state index contributed by atoms with van der Waals surface area (Å²) in [5, 5.41) is 4.35. The van der Waals surface area contributed by atoms with Crippen molar-refractivity contribution in [1.29, 1.82) is 0 Å². The molecule has 1 aromatic heterocycles. The third-order valence-corrected chi connectivity index (χ3v) is 3.29. The Morgan fingerprint density at radius 1 is 1.28 bits per heavy atom. The van der Waals surface area contributed by atoms with Gasteiger partial charge in [-0.05, 0) is 43.2 Å². The van der Waals surface area contributed by atoms with Crippen molar-refractivity contribution in [3.05, 3.63) is 47.8 Å². The molecule has 1 saturated carbocycles. The summed E-state index contributed by atoms with van der Waals surface area (Å²) < 4.78 is 1.95. The molecule has 1 heterocycles. The lowest BCUT2D eigenvalue weighted by Crippen LogP contribution is -2.13. The average Bonchev–Trinajstić information content (AvgIpc) is 3.15. The summed E-state index contributed by atoms with van der Waals surface area (Å²) in [6.07, 6.45) is 4.32. The van der Waals surface area contributed by atoms with Gasteiger partial charge in [-0.25, -0.2) is 4.68 Å². The van der Waals surface area contributed by atoms with Gasteiger partial charge in [0, 0.05) is 23.4 Å². The third kappa shape index (κ3) is 1.95. The first-order valence-corrected chi connectivity index (χ1v) is 6.17. The van der Waals surface area contributed by atoms with Crippen LogP contribution in [0.5, 0.6) is 0 Å². The topological polar surface area (TPSA) is 60.9 Å². The number of carbonyl (C=O) groups excluding carboxylic acids is 1. The SMILES string of the molecule is NCC(=O)c1ccc(-n2nccc2C2CC2)cc1. The van der Waals surface area contributed by atoms with Gasteiger partial charge < -0.3 is 5.73 Å². The average molecular weight is 241 g/mol. The molecule has 0 saturated heterocycles. The maximum atomic E-state index is 11.4. The molecule has 0 bridgehead atoms. The highest BCUT2D eigenvalue weighted by atomic mass is 16.1. The van der Waals surface area contributed by atoms with Crippen molar-refractivity contribution >= 4 is 5.78 Å². The second kappa shape index (κ2) is 4.38. The molecule has 1 aliphatic carbocycles. The Bertz CT molecular complexity index is 567. The fourth-order valence-corrected chi connectivity index (χ4v) is 2.12. The van der Waals surface area contributed by atoms with E-state index in [1.54, 1.807) is 0 Å². The molecule has 0 amide bonds. The van der Waals surface area contributed by atoms with E-state index in [1.165, 1.54) is 18.5 Å². The van der Waals surface area contributed by atoms with E-state index < -0.39 is 0 Å². The summed E-state index contributed by atoms with van der Waals surface area (Å²) in [7, 11) is 0. The van der Waals surface area contributed by atoms with Gasteiger partial charge in [0.1, 0.15) is 0 Å². The van der Waals surface area contributed by atoms with Gasteiger partial charge in [0.25, 0.3) is 0 Å². The van der Waals surface area contributed by atoms with Gasteiger partial charge in [-0.15, -0.1) is 0 Å². The zero-order valence-corrected chi connectivity index (χ0v) is 10.0. The van der Waals surface area contributed by atoms with Crippen LogP contribution < -0.4 is 5.73 Å². The highest BCUT2D eigenvalue weighted by molar-refractivity contribution is 5.97. The quantitative estimate of drug-likeness (QED) is 0.831. The fraction of sp³-hybridized carbons (Fsp3) is 0.286. The van der Waals surface area contributed by atoms with Crippen molar-refractivity contribution < 1.29 is 4.79 Å². The van der Waals surface area contributed by atoms with E-state index in [4.69, 9.17) is 5.73 Å². The highest BCUT2D eigenvalue weighted by Gasteiger charge is 2.27. The highest BCUT2D eigenvalue weighted by Crippen LogP contribution is 2.40. The minimum absolute atomic E-state index is 0.0376. The number of nitrogens with two attached hydrogens (primary N) is 1. The second-order valence-corrected chi connectivity index (χ2v) is 4.62. The van der Waals surface area contributed by atoms with Crippen molar-refractivity contribution in [2.45, 2.75) is 18.8 Å². The molecule has 2 N–H and O–H groups in total. The van der Waals surface area contributed by atoms with E-state index in [2.05, 4.69) is 11.2 Å². The van der Waals surface area contributed by atoms with Crippen molar-refractivity contribution in [3.8, 4) is 5.69 Å². The van der Waals surface area contributed by atoms with Crippen molar-refractivity contribution in [2.75, 3.05) is 6.54 Å². The summed E-state index contributed by atoms with van der Waals surface area (Å²) in [5.74, 6) is 0.613. The molecule has 2 aromatic rings. The van der Waals surface area contributed by atoms with Gasteiger partial charge in [0.05, 0.1) is 12.2 Å². The normalized spacial score (nSPS) is 14.7. The number of carbonyl (C=O) groups is 1. The Kier molecular flexibility index (Phi) is 2.72. The van der Waals surface area contributed by atoms with Crippen LogP contribution in [0.4, 0.5) is 0 Å². The van der Waals surface area contributed by atoms with Gasteiger partial charge in [0.2, 0.25) is 0 Å². The lowest BCUT2D eigenvalue weighted by Gasteiger charge is -2.07. The van der Waals surface area contributed by atoms with Gasteiger partial charge in [-0.2, -0.15) is 5.10 Å². The summed E-state index contributed by atoms with van der Waals surface area (Å²) in [4.78, 5) is 11.4. The molecule has 0 atom stereocenters. The molecule has 1 aliphatic rings. The summed E-state index contributed by atoms with van der Waals surface area (Å²) in [5.41, 5.74) is 8.25. The number of benzene rings is 1. The van der Waals surface area contributed by atoms with E-state index >= 15 is 0 Å². The van der Waals surface area contributed by atoms with Crippen LogP contribution in [0.2, 0.25) is 0 Å². The molecule has 0 unspecified atom stereocenters. The molecular formula is C14H15N3O. The first kappa shape index (κ1) is 11.2. The number of rotatable bonds is 4. The van der Waals surface area contributed by atoms with Crippen LogP contribution in [0.15, 0.2) is 36.5 Å². The maximum absolute atomic E-state index is 11.4. The minimum Gasteiger partial charge on any atom is -0.324 e. The molecular weight excluding hydrogens is 226 g/mol. The molecule has 0 spiro atoms. The van der Waals surface area contributed by atoms with Crippen molar-refractivity contribution in [1.82, 2.24) is 9.78 Å². The largest absolute Gasteiger partial charge is 0.324 e. The summed E-state index contributed by atoms with van der Waals surface area (Å²) in [6, 6.07) is 9.52. The van der Waals surface area contributed by atoms with E-state index in [9.17, 15) is 4.79 Å². The van der Waals surface area contributed by atoms with E-state index in [0.29, 0.717) is 11.5 Å². The van der Waals surface area contributed by atoms with E-state index in [-0.39, 0.29) is 12.3 Å². The van der Waals surface area contributed by atoms with Crippen LogP contribution in [0.3, 0.4) is 0 Å². The fourth-order valence-electron chi connectivity index (χ4n) is 2.12. The number of aromatic nitrogens is 2. The molecule has 4 heteroatoms. The Morgan fingerprint density at radius 2 is 2.00 bits per heavy atom. The molecule has 92 valence electrons. The zero-order chi connectivity index (χ0) is 12.5. The van der Waals surface area contributed by atoms with Crippen LogP contribution in [0, 0.1) is 0 Å². The van der Waals surface area contributed by atoms with E-state index in [1.807, 2.05) is 35.1 Å². The maximum Gasteiger partial charge on any atom is 0.176 e. The van der Waals surface area contributed by atoms with Gasteiger partial charge in [0.15, 0.2) is 5.78 Å². The van der Waals surface area contributed by atoms with Crippen molar-refractivity contribution in [2.24, 2.45) is 5.73 Å². The molecule has 3 rings (SSSR count). The monoisotopic (exact) mass is 241 g/mol. The lowest BCUT2D eigenvalue weighted by atomic mass is 10.1. The first-order chi connectivity index (χ1) is 8.79. The summed E-state index contributed by atoms with van der Waals surface area (Å²) in [6.45, 7) is 0.0500. The molecule has 0 aliphatic heterocycles. The van der Waals surface area contributed by atoms with Gasteiger partial charge in [-0.3, -0.25) is 4.79 Å². The predicted octanol–water partition coefficient (Wildman–Crippen LogP) is 1.89. The second-order valence-electron chi connectivity index (χ2n) is 4.62. The van der Waals surface area contributed by atoms with Crippen LogP contribution in [-0.4, -0.2) is 22.1 Å². The number of ketones is 1. The Hall–Kier alpha value is -1.94. The van der Waals surface area contributed by atoms with Gasteiger partial charge >= 0.3 is 0 Å². The molecule has 1 fully saturated rings. The summed E-state index contributed by atoms with van der Waals surface area (Å²) >= 11 is 0. The van der Waals surface area contributed by atoms with Crippen molar-refractivity contribution in [3.63, 3.8) is 0 Å². The van der Waals surface area contributed by atoms with Crippen LogP contribution >= 0.6 is 0 Å². The third-order valence-electron chi connectivity index (χ3n) is 3.29. The molecule has 18 heavy (non-hydrogen) atoms. The Balaban J connectivity index is 1.92. The lowest BCUT2D eigenvalue weighted by molar-refractivity contribution is 0.100. The van der Waals surface area contributed by atoms with Crippen LogP contribution in [0.1, 0.15) is 34.8 Å². The molecule has 4 nitrogen and oxygen atoms in total. The van der Waals surface area contributed by atoms with Gasteiger partial charge in [-0.1, -0.05) is 0 Å². The Labute approximate surface area is 105 Å². The number of hydrogen-bond acceptors (Lipinski definition) is 3. The number of Topliss-reactive ketones (excluding diaryl/α,β-unsaturated/α-hetero) is 1. The predicted molar refractivity (Wildman–Crippen MR) is 68.9 cm³/mol.